The lowest BCUT2D eigenvalue weighted by atomic mass is 9.73. The fraction of sp³-hybridized carbons (Fsp3) is 0.200. The van der Waals surface area contributed by atoms with E-state index in [0.29, 0.717) is 0 Å². The van der Waals surface area contributed by atoms with Crippen LogP contribution in [-0.4, -0.2) is 0 Å². The quantitative estimate of drug-likeness (QED) is 0.370. The molecule has 4 aromatic carbocycles. The van der Waals surface area contributed by atoms with E-state index in [-0.39, 0.29) is 5.41 Å². The monoisotopic (exact) mass is 322 g/mol. The van der Waals surface area contributed by atoms with Crippen molar-refractivity contribution < 1.29 is 0 Å². The van der Waals surface area contributed by atoms with Crippen molar-refractivity contribution >= 4 is 21.5 Å². The van der Waals surface area contributed by atoms with Gasteiger partial charge >= 0.3 is 0 Å². The standard InChI is InChI=1S/C25H22/c1-3-25(4-2)23-15-19-11-7-5-9-17(19)13-21(23)22-14-18-10-6-8-12-20(18)16-24(22)25/h5-16H,3-4H2,1-2H3. The Morgan fingerprint density at radius 2 is 0.920 bits per heavy atom. The molecule has 1 aliphatic rings. The van der Waals surface area contributed by atoms with Crippen molar-refractivity contribution in [3.63, 3.8) is 0 Å². The summed E-state index contributed by atoms with van der Waals surface area (Å²) in [4.78, 5) is 0. The minimum Gasteiger partial charge on any atom is -0.0642 e. The van der Waals surface area contributed by atoms with E-state index in [1.54, 1.807) is 0 Å². The van der Waals surface area contributed by atoms with E-state index in [4.69, 9.17) is 0 Å². The van der Waals surface area contributed by atoms with Crippen LogP contribution in [0.1, 0.15) is 37.8 Å². The SMILES string of the molecule is CCC1(CC)c2cc3ccccc3cc2-c2cc3ccccc3cc21. The van der Waals surface area contributed by atoms with Crippen LogP contribution in [0.5, 0.6) is 0 Å². The average Bonchev–Trinajstić information content (AvgIpc) is 2.93. The lowest BCUT2D eigenvalue weighted by Gasteiger charge is -2.30. The molecule has 122 valence electrons. The van der Waals surface area contributed by atoms with Crippen LogP contribution < -0.4 is 0 Å². The number of hydrogen-bond acceptors (Lipinski definition) is 0. The molecule has 0 bridgehead atoms. The van der Waals surface area contributed by atoms with Crippen molar-refractivity contribution in [1.82, 2.24) is 0 Å². The third-order valence-electron chi connectivity index (χ3n) is 6.30. The van der Waals surface area contributed by atoms with Crippen LogP contribution in [0.15, 0.2) is 72.8 Å². The molecule has 0 spiro atoms. The molecule has 1 aliphatic carbocycles. The lowest BCUT2D eigenvalue weighted by Crippen LogP contribution is -2.23. The molecular formula is C25H22. The van der Waals surface area contributed by atoms with E-state index in [9.17, 15) is 0 Å². The number of hydrogen-bond donors (Lipinski definition) is 0. The Morgan fingerprint density at radius 1 is 0.560 bits per heavy atom. The first-order chi connectivity index (χ1) is 12.3. The van der Waals surface area contributed by atoms with Gasteiger partial charge in [-0.3, -0.25) is 0 Å². The summed E-state index contributed by atoms with van der Waals surface area (Å²) < 4.78 is 0. The summed E-state index contributed by atoms with van der Waals surface area (Å²) in [7, 11) is 0. The molecule has 25 heavy (non-hydrogen) atoms. The largest absolute Gasteiger partial charge is 0.0642 e. The van der Waals surface area contributed by atoms with Crippen LogP contribution in [-0.2, 0) is 5.41 Å². The lowest BCUT2D eigenvalue weighted by molar-refractivity contribution is 0.491. The molecule has 0 aromatic heterocycles. The molecule has 0 radical (unpaired) electrons. The predicted octanol–water partition coefficient (Wildman–Crippen LogP) is 7.08. The normalized spacial score (nSPS) is 14.6. The zero-order valence-electron chi connectivity index (χ0n) is 14.8. The Labute approximate surface area is 149 Å². The second kappa shape index (κ2) is 5.20. The molecule has 0 amide bonds. The van der Waals surface area contributed by atoms with Crippen molar-refractivity contribution in [3.05, 3.63) is 83.9 Å². The number of fused-ring (bicyclic) bond motifs is 5. The highest BCUT2D eigenvalue weighted by molar-refractivity contribution is 5.98. The van der Waals surface area contributed by atoms with Gasteiger partial charge in [-0.1, -0.05) is 62.4 Å². The first kappa shape index (κ1) is 14.7. The summed E-state index contributed by atoms with van der Waals surface area (Å²) in [5, 5.41) is 5.38. The maximum absolute atomic E-state index is 2.45. The molecule has 0 unspecified atom stereocenters. The van der Waals surface area contributed by atoms with E-state index < -0.39 is 0 Å². The van der Waals surface area contributed by atoms with Gasteiger partial charge in [0.25, 0.3) is 0 Å². The summed E-state index contributed by atoms with van der Waals surface area (Å²) in [5.74, 6) is 0. The fourth-order valence-corrected chi connectivity index (χ4v) is 4.88. The Kier molecular flexibility index (Phi) is 3.06. The van der Waals surface area contributed by atoms with Crippen LogP contribution in [0.2, 0.25) is 0 Å². The minimum absolute atomic E-state index is 0.138. The first-order valence-electron chi connectivity index (χ1n) is 9.34. The Balaban J connectivity index is 1.93. The highest BCUT2D eigenvalue weighted by Gasteiger charge is 2.40. The smallest absolute Gasteiger partial charge is 0.0210 e. The molecular weight excluding hydrogens is 300 g/mol. The fourth-order valence-electron chi connectivity index (χ4n) is 4.88. The minimum atomic E-state index is 0.138. The van der Waals surface area contributed by atoms with Crippen LogP contribution in [0.3, 0.4) is 0 Å². The topological polar surface area (TPSA) is 0 Å². The van der Waals surface area contributed by atoms with Gasteiger partial charge < -0.3 is 0 Å². The molecule has 0 N–H and O–H groups in total. The van der Waals surface area contributed by atoms with Crippen LogP contribution in [0, 0.1) is 0 Å². The zero-order chi connectivity index (χ0) is 17.0. The summed E-state index contributed by atoms with van der Waals surface area (Å²) in [6.07, 6.45) is 2.28. The van der Waals surface area contributed by atoms with Gasteiger partial charge in [0.15, 0.2) is 0 Å². The Hall–Kier alpha value is -2.60. The van der Waals surface area contributed by atoms with E-state index in [1.807, 2.05) is 0 Å². The van der Waals surface area contributed by atoms with Gasteiger partial charge in [0.2, 0.25) is 0 Å². The van der Waals surface area contributed by atoms with Crippen LogP contribution in [0.25, 0.3) is 32.7 Å². The second-order valence-electron chi connectivity index (χ2n) is 7.28. The molecule has 0 saturated carbocycles. The van der Waals surface area contributed by atoms with Crippen molar-refractivity contribution in [2.24, 2.45) is 0 Å². The van der Waals surface area contributed by atoms with Crippen LogP contribution >= 0.6 is 0 Å². The van der Waals surface area contributed by atoms with E-state index >= 15 is 0 Å². The van der Waals surface area contributed by atoms with Gasteiger partial charge in [0.1, 0.15) is 0 Å². The third kappa shape index (κ3) is 1.88. The van der Waals surface area contributed by atoms with Crippen LogP contribution in [0.4, 0.5) is 0 Å². The molecule has 0 atom stereocenters. The maximum Gasteiger partial charge on any atom is 0.0210 e. The molecule has 4 aromatic rings. The molecule has 0 heteroatoms. The third-order valence-corrected chi connectivity index (χ3v) is 6.30. The molecule has 0 saturated heterocycles. The molecule has 5 rings (SSSR count). The van der Waals surface area contributed by atoms with Crippen molar-refractivity contribution in [2.45, 2.75) is 32.1 Å². The Bertz CT molecular complexity index is 1030. The maximum atomic E-state index is 2.45. The van der Waals surface area contributed by atoms with Gasteiger partial charge in [-0.25, -0.2) is 0 Å². The van der Waals surface area contributed by atoms with E-state index in [2.05, 4.69) is 86.6 Å². The highest BCUT2D eigenvalue weighted by Crippen LogP contribution is 2.54. The average molecular weight is 322 g/mol. The zero-order valence-corrected chi connectivity index (χ0v) is 14.8. The Morgan fingerprint density at radius 3 is 1.28 bits per heavy atom. The highest BCUT2D eigenvalue weighted by atomic mass is 14.4. The number of benzene rings is 4. The van der Waals surface area contributed by atoms with Gasteiger partial charge in [-0.2, -0.15) is 0 Å². The van der Waals surface area contributed by atoms with Crippen molar-refractivity contribution in [1.29, 1.82) is 0 Å². The molecule has 0 heterocycles. The molecule has 0 nitrogen and oxygen atoms in total. The summed E-state index contributed by atoms with van der Waals surface area (Å²) >= 11 is 0. The van der Waals surface area contributed by atoms with Gasteiger partial charge in [0.05, 0.1) is 0 Å². The van der Waals surface area contributed by atoms with Crippen molar-refractivity contribution in [3.8, 4) is 11.1 Å². The number of rotatable bonds is 2. The van der Waals surface area contributed by atoms with Gasteiger partial charge in [-0.05, 0) is 80.9 Å². The molecule has 0 fully saturated rings. The van der Waals surface area contributed by atoms with Gasteiger partial charge in [-0.15, -0.1) is 0 Å². The molecule has 0 aliphatic heterocycles. The summed E-state index contributed by atoms with van der Waals surface area (Å²) in [6, 6.07) is 27.2. The summed E-state index contributed by atoms with van der Waals surface area (Å²) in [6.45, 7) is 4.68. The van der Waals surface area contributed by atoms with Crippen molar-refractivity contribution in [2.75, 3.05) is 0 Å². The summed E-state index contributed by atoms with van der Waals surface area (Å²) in [5.41, 5.74) is 6.04. The van der Waals surface area contributed by atoms with E-state index in [0.717, 1.165) is 12.8 Å². The predicted molar refractivity (Wildman–Crippen MR) is 108 cm³/mol. The van der Waals surface area contributed by atoms with E-state index in [1.165, 1.54) is 43.8 Å². The van der Waals surface area contributed by atoms with Gasteiger partial charge in [0, 0.05) is 5.41 Å². The first-order valence-corrected chi connectivity index (χ1v) is 9.34. The second-order valence-corrected chi connectivity index (χ2v) is 7.28.